The lowest BCUT2D eigenvalue weighted by molar-refractivity contribution is 0.00990. The standard InChI is InChI=1S/C62H96O8P2/c1-41(65-71(66-51-31-27-43(55(3,4)5)35-47(51)59(15,16)17)67-52-32-28-44(56(6,7)8)36-48(52)60(18,19)20)39-64-40-42(2)68-72(63,69-53-33-29-45(57(9,10)11)37-49(53)61(21,22)23)70-54-34-30-46(58(12,13)14)38-50(54)62(24,25)26/h27-38,41-42H,39-40H2,1-26H3. The molecule has 0 aliphatic rings. The number of phosphoric ester groups is 1. The lowest BCUT2D eigenvalue weighted by Crippen LogP contribution is -2.24. The zero-order valence-corrected chi connectivity index (χ0v) is 51.4. The number of hydrogen-bond donors (Lipinski definition) is 0. The summed E-state index contributed by atoms with van der Waals surface area (Å²) in [6.07, 6.45) is -1.20. The SMILES string of the molecule is CC(COCC(C)OP(=O)(Oc1ccc(C(C)(C)C)cc1C(C)(C)C)Oc1ccc(C(C)(C)C)cc1C(C)(C)C)OP(Oc1ccc(C(C)(C)C)cc1C(C)(C)C)Oc1ccc(C(C)(C)C)cc1C(C)(C)C. The third kappa shape index (κ3) is 17.1. The number of phosphoric acid groups is 1. The molecule has 0 fully saturated rings. The first kappa shape index (κ1) is 61.2. The first-order valence-electron chi connectivity index (χ1n) is 26.1. The zero-order chi connectivity index (χ0) is 55.0. The van der Waals surface area contributed by atoms with E-state index in [9.17, 15) is 0 Å². The van der Waals surface area contributed by atoms with Crippen molar-refractivity contribution >= 4 is 16.4 Å². The van der Waals surface area contributed by atoms with Gasteiger partial charge in [-0.05, 0) is 104 Å². The maximum atomic E-state index is 15.4. The molecule has 0 spiro atoms. The molecule has 0 radical (unpaired) electrons. The molecule has 402 valence electrons. The molecule has 2 unspecified atom stereocenters. The van der Waals surface area contributed by atoms with Gasteiger partial charge in [0.05, 0.1) is 25.4 Å². The average Bonchev–Trinajstić information content (AvgIpc) is 3.18. The highest BCUT2D eigenvalue weighted by atomic mass is 31.2. The fourth-order valence-corrected chi connectivity index (χ4v) is 10.5. The Morgan fingerprint density at radius 1 is 0.389 bits per heavy atom. The first-order chi connectivity index (χ1) is 32.4. The van der Waals surface area contributed by atoms with Gasteiger partial charge < -0.3 is 22.8 Å². The van der Waals surface area contributed by atoms with Crippen molar-refractivity contribution < 1.29 is 36.4 Å². The Balaban J connectivity index is 1.69. The van der Waals surface area contributed by atoms with Crippen molar-refractivity contribution in [2.75, 3.05) is 13.2 Å². The van der Waals surface area contributed by atoms with Crippen molar-refractivity contribution in [3.05, 3.63) is 117 Å². The Bertz CT molecular complexity index is 2340. The van der Waals surface area contributed by atoms with Crippen molar-refractivity contribution in [1.82, 2.24) is 0 Å². The largest absolute Gasteiger partial charge is 0.587 e. The molecule has 72 heavy (non-hydrogen) atoms. The number of rotatable bonds is 16. The second-order valence-electron chi connectivity index (χ2n) is 28.2. The Kier molecular flexibility index (Phi) is 18.7. The quantitative estimate of drug-likeness (QED) is 0.103. The van der Waals surface area contributed by atoms with Gasteiger partial charge in [0.25, 0.3) is 0 Å². The van der Waals surface area contributed by atoms with Crippen LogP contribution in [0, 0.1) is 0 Å². The second kappa shape index (κ2) is 22.1. The molecular weight excluding hydrogens is 935 g/mol. The fourth-order valence-electron chi connectivity index (χ4n) is 8.00. The van der Waals surface area contributed by atoms with E-state index < -0.39 is 28.6 Å². The molecule has 10 heteroatoms. The van der Waals surface area contributed by atoms with Crippen molar-refractivity contribution in [3.8, 4) is 23.0 Å². The Morgan fingerprint density at radius 2 is 0.653 bits per heavy atom. The molecule has 4 aromatic rings. The van der Waals surface area contributed by atoms with Crippen molar-refractivity contribution in [3.63, 3.8) is 0 Å². The maximum Gasteiger partial charge on any atom is 0.587 e. The fraction of sp³-hybridized carbons (Fsp3) is 0.613. The molecule has 0 N–H and O–H groups in total. The van der Waals surface area contributed by atoms with Crippen molar-refractivity contribution in [2.24, 2.45) is 0 Å². The van der Waals surface area contributed by atoms with Crippen LogP contribution >= 0.6 is 16.4 Å². The van der Waals surface area contributed by atoms with E-state index in [1.165, 1.54) is 11.1 Å². The highest BCUT2D eigenvalue weighted by Crippen LogP contribution is 2.55. The summed E-state index contributed by atoms with van der Waals surface area (Å²) in [5, 5.41) is 0. The summed E-state index contributed by atoms with van der Waals surface area (Å²) in [4.78, 5) is 0. The van der Waals surface area contributed by atoms with Gasteiger partial charge in [-0.25, -0.2) is 4.57 Å². The zero-order valence-electron chi connectivity index (χ0n) is 49.7. The molecule has 0 saturated carbocycles. The summed E-state index contributed by atoms with van der Waals surface area (Å²) >= 11 is 0. The van der Waals surface area contributed by atoms with Crippen molar-refractivity contribution in [2.45, 2.75) is 236 Å². The topological polar surface area (TPSA) is 81.7 Å². The normalized spacial score (nSPS) is 14.6. The van der Waals surface area contributed by atoms with Gasteiger partial charge in [-0.3, -0.25) is 9.05 Å². The molecule has 0 aromatic heterocycles. The summed E-state index contributed by atoms with van der Waals surface area (Å²) in [6, 6.07) is 25.0. The van der Waals surface area contributed by atoms with E-state index in [4.69, 9.17) is 31.9 Å². The van der Waals surface area contributed by atoms with Gasteiger partial charge in [-0.1, -0.05) is 215 Å². The molecule has 0 aliphatic carbocycles. The Hall–Kier alpha value is -3.38. The molecule has 0 heterocycles. The Morgan fingerprint density at radius 3 is 0.931 bits per heavy atom. The minimum absolute atomic E-state index is 0.0501. The number of hydrogen-bond acceptors (Lipinski definition) is 8. The molecule has 4 rings (SSSR count). The van der Waals surface area contributed by atoms with E-state index in [1.54, 1.807) is 0 Å². The minimum Gasteiger partial charge on any atom is -0.417 e. The summed E-state index contributed by atoms with van der Waals surface area (Å²) in [5.41, 5.74) is 7.18. The molecule has 2 atom stereocenters. The van der Waals surface area contributed by atoms with Crippen molar-refractivity contribution in [1.29, 1.82) is 0 Å². The van der Waals surface area contributed by atoms with E-state index in [1.807, 2.05) is 50.2 Å². The first-order valence-corrected chi connectivity index (χ1v) is 28.6. The number of benzene rings is 4. The van der Waals surface area contributed by atoms with Crippen LogP contribution in [0.25, 0.3) is 0 Å². The van der Waals surface area contributed by atoms with Gasteiger partial charge in [0.15, 0.2) is 0 Å². The van der Waals surface area contributed by atoms with E-state index >= 15 is 4.57 Å². The van der Waals surface area contributed by atoms with Crippen LogP contribution in [-0.2, 0) is 61.7 Å². The highest BCUT2D eigenvalue weighted by Gasteiger charge is 2.39. The Labute approximate surface area is 440 Å². The third-order valence-electron chi connectivity index (χ3n) is 12.7. The van der Waals surface area contributed by atoms with Crippen LogP contribution < -0.4 is 18.1 Å². The average molecular weight is 1030 g/mol. The third-order valence-corrected chi connectivity index (χ3v) is 15.3. The van der Waals surface area contributed by atoms with Crippen LogP contribution in [0.3, 0.4) is 0 Å². The van der Waals surface area contributed by atoms with Crippen LogP contribution in [0.1, 0.15) is 225 Å². The van der Waals surface area contributed by atoms with E-state index in [-0.39, 0.29) is 56.5 Å². The van der Waals surface area contributed by atoms with Crippen LogP contribution in [0.5, 0.6) is 23.0 Å². The van der Waals surface area contributed by atoms with Crippen LogP contribution in [0.2, 0.25) is 0 Å². The predicted molar refractivity (Wildman–Crippen MR) is 304 cm³/mol. The summed E-state index contributed by atoms with van der Waals surface area (Å²) in [7, 11) is -6.41. The maximum absolute atomic E-state index is 15.4. The minimum atomic E-state index is -4.40. The van der Waals surface area contributed by atoms with Crippen LogP contribution in [-0.4, -0.2) is 25.4 Å². The van der Waals surface area contributed by atoms with Gasteiger partial charge in [-0.15, -0.1) is 0 Å². The van der Waals surface area contributed by atoms with E-state index in [0.29, 0.717) is 23.0 Å². The summed E-state index contributed by atoms with van der Waals surface area (Å²) in [5.74, 6) is 2.30. The summed E-state index contributed by atoms with van der Waals surface area (Å²) in [6.45, 7) is 56.3. The molecule has 0 amide bonds. The number of ether oxygens (including phenoxy) is 1. The van der Waals surface area contributed by atoms with Gasteiger partial charge in [0.1, 0.15) is 23.0 Å². The van der Waals surface area contributed by atoms with Crippen LogP contribution in [0.4, 0.5) is 0 Å². The second-order valence-corrected chi connectivity index (χ2v) is 30.7. The van der Waals surface area contributed by atoms with Gasteiger partial charge in [-0.2, -0.15) is 0 Å². The molecule has 0 aliphatic heterocycles. The van der Waals surface area contributed by atoms with E-state index in [2.05, 4.69) is 203 Å². The summed E-state index contributed by atoms with van der Waals surface area (Å²) < 4.78 is 61.9. The lowest BCUT2D eigenvalue weighted by atomic mass is 9.80. The van der Waals surface area contributed by atoms with Crippen LogP contribution in [0.15, 0.2) is 72.8 Å². The smallest absolute Gasteiger partial charge is 0.417 e. The lowest BCUT2D eigenvalue weighted by Gasteiger charge is -2.31. The highest BCUT2D eigenvalue weighted by molar-refractivity contribution is 7.49. The molecule has 8 nitrogen and oxygen atoms in total. The molecule has 0 saturated heterocycles. The van der Waals surface area contributed by atoms with Gasteiger partial charge in [0, 0.05) is 22.3 Å². The van der Waals surface area contributed by atoms with Gasteiger partial charge in [0.2, 0.25) is 0 Å². The molecular formula is C62H96O8P2. The van der Waals surface area contributed by atoms with Gasteiger partial charge >= 0.3 is 16.4 Å². The monoisotopic (exact) mass is 1030 g/mol. The predicted octanol–water partition coefficient (Wildman–Crippen LogP) is 18.8. The molecule has 0 bridgehead atoms. The molecule has 4 aromatic carbocycles. The van der Waals surface area contributed by atoms with E-state index in [0.717, 1.165) is 33.4 Å².